The molecule has 126 valence electrons. The highest BCUT2D eigenvalue weighted by Crippen LogP contribution is 2.31. The molecule has 2 aromatic heterocycles. The van der Waals surface area contributed by atoms with E-state index in [1.54, 1.807) is 19.4 Å². The van der Waals surface area contributed by atoms with Crippen molar-refractivity contribution in [1.29, 1.82) is 0 Å². The van der Waals surface area contributed by atoms with Crippen LogP contribution in [0.15, 0.2) is 23.1 Å². The third-order valence-electron chi connectivity index (χ3n) is 4.19. The van der Waals surface area contributed by atoms with Crippen LogP contribution < -0.4 is 16.0 Å². The van der Waals surface area contributed by atoms with E-state index in [2.05, 4.69) is 20.2 Å². The highest BCUT2D eigenvalue weighted by molar-refractivity contribution is 5.89. The van der Waals surface area contributed by atoms with Gasteiger partial charge < -0.3 is 15.5 Å². The van der Waals surface area contributed by atoms with Crippen molar-refractivity contribution < 1.29 is 4.74 Å². The van der Waals surface area contributed by atoms with Crippen molar-refractivity contribution in [1.82, 2.24) is 20.2 Å². The Morgan fingerprint density at radius 3 is 2.62 bits per heavy atom. The fourth-order valence-corrected chi connectivity index (χ4v) is 2.65. The van der Waals surface area contributed by atoms with Crippen LogP contribution in [0.4, 0.5) is 0 Å². The normalized spacial score (nSPS) is 12.8. The van der Waals surface area contributed by atoms with Gasteiger partial charge in [-0.3, -0.25) is 9.89 Å². The number of nitrogens with one attached hydrogen (secondary N) is 2. The molecular formula is C17H21N5O2. The zero-order chi connectivity index (χ0) is 17.4. The summed E-state index contributed by atoms with van der Waals surface area (Å²) in [5.41, 5.74) is 9.09. The van der Waals surface area contributed by atoms with Crippen molar-refractivity contribution in [3.05, 3.63) is 40.2 Å². The van der Waals surface area contributed by atoms with Crippen LogP contribution in [0.1, 0.15) is 31.4 Å². The lowest BCUT2D eigenvalue weighted by Gasteiger charge is -2.16. The molecule has 0 radical (unpaired) electrons. The monoisotopic (exact) mass is 327 g/mol. The summed E-state index contributed by atoms with van der Waals surface area (Å²) in [5.74, 6) is 1.16. The number of hydrogen-bond acceptors (Lipinski definition) is 5. The molecule has 3 aromatic rings. The molecule has 0 aliphatic heterocycles. The second-order valence-corrected chi connectivity index (χ2v) is 6.20. The fraction of sp³-hybridized carbons (Fsp3) is 0.353. The molecule has 1 atom stereocenters. The number of aromatic nitrogens is 4. The average molecular weight is 327 g/mol. The Bertz CT molecular complexity index is 942. The first-order chi connectivity index (χ1) is 11.4. The highest BCUT2D eigenvalue weighted by Gasteiger charge is 2.18. The first kappa shape index (κ1) is 16.2. The van der Waals surface area contributed by atoms with Gasteiger partial charge in [0, 0.05) is 11.3 Å². The molecule has 0 amide bonds. The fourth-order valence-electron chi connectivity index (χ4n) is 2.65. The van der Waals surface area contributed by atoms with Crippen LogP contribution in [-0.4, -0.2) is 27.3 Å². The molecule has 0 fully saturated rings. The number of nitrogens with zero attached hydrogens (tertiary/aromatic N) is 2. The first-order valence-electron chi connectivity index (χ1n) is 7.80. The summed E-state index contributed by atoms with van der Waals surface area (Å²) in [5, 5.41) is 7.39. The van der Waals surface area contributed by atoms with Gasteiger partial charge in [-0.05, 0) is 30.5 Å². The lowest BCUT2D eigenvalue weighted by atomic mass is 10.0. The van der Waals surface area contributed by atoms with Crippen LogP contribution >= 0.6 is 0 Å². The van der Waals surface area contributed by atoms with Gasteiger partial charge in [0.05, 0.1) is 24.7 Å². The van der Waals surface area contributed by atoms with Crippen LogP contribution in [0.25, 0.3) is 22.0 Å². The second kappa shape index (κ2) is 6.09. The predicted octanol–water partition coefficient (Wildman–Crippen LogP) is 2.29. The van der Waals surface area contributed by atoms with E-state index in [1.807, 2.05) is 26.8 Å². The molecule has 0 saturated heterocycles. The van der Waals surface area contributed by atoms with Crippen LogP contribution in [0.5, 0.6) is 5.75 Å². The van der Waals surface area contributed by atoms with E-state index < -0.39 is 0 Å². The quantitative estimate of drug-likeness (QED) is 0.681. The summed E-state index contributed by atoms with van der Waals surface area (Å²) in [7, 11) is 1.56. The summed E-state index contributed by atoms with van der Waals surface area (Å²) in [6, 6.07) is 3.31. The second-order valence-electron chi connectivity index (χ2n) is 6.20. The Morgan fingerprint density at radius 2 is 2.04 bits per heavy atom. The molecular weight excluding hydrogens is 306 g/mol. The van der Waals surface area contributed by atoms with E-state index in [4.69, 9.17) is 10.5 Å². The molecule has 0 spiro atoms. The maximum absolute atomic E-state index is 12.6. The topological polar surface area (TPSA) is 110 Å². The zero-order valence-corrected chi connectivity index (χ0v) is 14.2. The Hall–Kier alpha value is -2.67. The standard InChI is InChI=1S/C17H21N5O2/c1-8(2)14(18)16-20-15-11(17(23)21-16)5-10(6-13(15)24-4)12-7-19-22-9(12)3/h5-8,14H,18H2,1-4H3,(H,19,22)(H,20,21,23). The van der Waals surface area contributed by atoms with Gasteiger partial charge in [-0.25, -0.2) is 4.98 Å². The first-order valence-corrected chi connectivity index (χ1v) is 7.80. The van der Waals surface area contributed by atoms with E-state index in [0.29, 0.717) is 22.5 Å². The van der Waals surface area contributed by atoms with E-state index in [0.717, 1.165) is 16.8 Å². The van der Waals surface area contributed by atoms with Gasteiger partial charge in [0.2, 0.25) is 0 Å². The third-order valence-corrected chi connectivity index (χ3v) is 4.19. The molecule has 0 aliphatic rings. The molecule has 3 rings (SSSR count). The number of nitrogens with two attached hydrogens (primary N) is 1. The molecule has 7 nitrogen and oxygen atoms in total. The lowest BCUT2D eigenvalue weighted by molar-refractivity contribution is 0.418. The average Bonchev–Trinajstić information content (AvgIpc) is 2.99. The van der Waals surface area contributed by atoms with Crippen LogP contribution in [-0.2, 0) is 0 Å². The summed E-state index contributed by atoms with van der Waals surface area (Å²) in [6.07, 6.45) is 1.72. The Balaban J connectivity index is 2.27. The van der Waals surface area contributed by atoms with Gasteiger partial charge in [0.15, 0.2) is 0 Å². The Morgan fingerprint density at radius 1 is 1.29 bits per heavy atom. The number of benzene rings is 1. The van der Waals surface area contributed by atoms with Crippen molar-refractivity contribution >= 4 is 10.9 Å². The van der Waals surface area contributed by atoms with Gasteiger partial charge in [-0.2, -0.15) is 5.10 Å². The number of hydrogen-bond donors (Lipinski definition) is 3. The van der Waals surface area contributed by atoms with E-state index in [1.165, 1.54) is 0 Å². The third kappa shape index (κ3) is 2.67. The largest absolute Gasteiger partial charge is 0.494 e. The zero-order valence-electron chi connectivity index (χ0n) is 14.2. The SMILES string of the molecule is COc1cc(-c2cn[nH]c2C)cc2c(=O)[nH]c(C(N)C(C)C)nc12. The summed E-state index contributed by atoms with van der Waals surface area (Å²) in [4.78, 5) is 19.9. The maximum Gasteiger partial charge on any atom is 0.258 e. The summed E-state index contributed by atoms with van der Waals surface area (Å²) >= 11 is 0. The minimum Gasteiger partial charge on any atom is -0.494 e. The maximum atomic E-state index is 12.6. The van der Waals surface area contributed by atoms with Gasteiger partial charge in [-0.1, -0.05) is 13.8 Å². The van der Waals surface area contributed by atoms with Crippen molar-refractivity contribution in [3.8, 4) is 16.9 Å². The van der Waals surface area contributed by atoms with Crippen LogP contribution in [0.3, 0.4) is 0 Å². The Kier molecular flexibility index (Phi) is 4.11. The smallest absolute Gasteiger partial charge is 0.258 e. The van der Waals surface area contributed by atoms with Gasteiger partial charge in [-0.15, -0.1) is 0 Å². The number of rotatable bonds is 4. The Labute approximate surface area is 139 Å². The number of H-pyrrole nitrogens is 2. The molecule has 0 bridgehead atoms. The van der Waals surface area contributed by atoms with Crippen molar-refractivity contribution in [3.63, 3.8) is 0 Å². The minimum atomic E-state index is -0.345. The summed E-state index contributed by atoms with van der Waals surface area (Å²) < 4.78 is 5.47. The molecule has 0 saturated carbocycles. The molecule has 7 heteroatoms. The lowest BCUT2D eigenvalue weighted by Crippen LogP contribution is -2.23. The van der Waals surface area contributed by atoms with Crippen molar-refractivity contribution in [2.45, 2.75) is 26.8 Å². The molecule has 0 aliphatic carbocycles. The van der Waals surface area contributed by atoms with Crippen LogP contribution in [0, 0.1) is 12.8 Å². The molecule has 1 unspecified atom stereocenters. The summed E-state index contributed by atoms with van der Waals surface area (Å²) in [6.45, 7) is 5.89. The molecule has 4 N–H and O–H groups in total. The predicted molar refractivity (Wildman–Crippen MR) is 93.0 cm³/mol. The number of fused-ring (bicyclic) bond motifs is 1. The van der Waals surface area contributed by atoms with E-state index in [9.17, 15) is 4.79 Å². The van der Waals surface area contributed by atoms with E-state index >= 15 is 0 Å². The van der Waals surface area contributed by atoms with Gasteiger partial charge in [0.25, 0.3) is 5.56 Å². The van der Waals surface area contributed by atoms with Crippen molar-refractivity contribution in [2.75, 3.05) is 7.11 Å². The molecule has 1 aromatic carbocycles. The molecule has 2 heterocycles. The van der Waals surface area contributed by atoms with Gasteiger partial charge in [0.1, 0.15) is 17.1 Å². The van der Waals surface area contributed by atoms with Gasteiger partial charge >= 0.3 is 0 Å². The number of methoxy groups -OCH3 is 1. The highest BCUT2D eigenvalue weighted by atomic mass is 16.5. The minimum absolute atomic E-state index is 0.157. The van der Waals surface area contributed by atoms with E-state index in [-0.39, 0.29) is 17.5 Å². The molecule has 24 heavy (non-hydrogen) atoms. The number of aryl methyl sites for hydroxylation is 1. The number of aromatic amines is 2. The number of ether oxygens (including phenoxy) is 1. The van der Waals surface area contributed by atoms with Crippen LogP contribution in [0.2, 0.25) is 0 Å². The van der Waals surface area contributed by atoms with Crippen molar-refractivity contribution in [2.24, 2.45) is 11.7 Å².